The molecule has 9 nitrogen and oxygen atoms in total. The Labute approximate surface area is 195 Å². The molecule has 0 bridgehead atoms. The van der Waals surface area contributed by atoms with Crippen molar-refractivity contribution in [3.63, 3.8) is 0 Å². The largest absolute Gasteiger partial charge is 0.480 e. The highest BCUT2D eigenvalue weighted by molar-refractivity contribution is 7.20. The molecule has 1 aromatic carbocycles. The van der Waals surface area contributed by atoms with Crippen LogP contribution in [0.3, 0.4) is 0 Å². The summed E-state index contributed by atoms with van der Waals surface area (Å²) in [5.74, 6) is 0.469. The first-order chi connectivity index (χ1) is 15.9. The summed E-state index contributed by atoms with van der Waals surface area (Å²) in [6.07, 6.45) is 1.52. The quantitative estimate of drug-likeness (QED) is 0.545. The molecule has 0 unspecified atom stereocenters. The van der Waals surface area contributed by atoms with Crippen LogP contribution in [0.4, 0.5) is 11.4 Å². The zero-order valence-corrected chi connectivity index (χ0v) is 19.7. The molecule has 1 saturated heterocycles. The van der Waals surface area contributed by atoms with Crippen LogP contribution in [0.1, 0.15) is 33.9 Å². The van der Waals surface area contributed by atoms with Crippen molar-refractivity contribution in [2.75, 3.05) is 37.5 Å². The highest BCUT2D eigenvalue weighted by atomic mass is 32.1. The number of nitrogens with one attached hydrogen (secondary N) is 1. The van der Waals surface area contributed by atoms with Crippen LogP contribution in [0.2, 0.25) is 0 Å². The first-order valence-corrected chi connectivity index (χ1v) is 11.5. The van der Waals surface area contributed by atoms with Gasteiger partial charge in [0.05, 0.1) is 17.4 Å². The molecule has 4 rings (SSSR count). The highest BCUT2D eigenvalue weighted by Crippen LogP contribution is 2.35. The van der Waals surface area contributed by atoms with E-state index in [0.29, 0.717) is 27.1 Å². The smallest absolute Gasteiger partial charge is 0.266 e. The molecular formula is C23H27N5O4S. The number of anilines is 2. The van der Waals surface area contributed by atoms with E-state index in [-0.39, 0.29) is 24.3 Å². The second-order valence-electron chi connectivity index (χ2n) is 7.98. The maximum absolute atomic E-state index is 13.0. The number of methoxy groups -OCH3 is 2. The Morgan fingerprint density at radius 2 is 1.88 bits per heavy atom. The lowest BCUT2D eigenvalue weighted by Gasteiger charge is -2.32. The van der Waals surface area contributed by atoms with Gasteiger partial charge < -0.3 is 25.4 Å². The molecule has 3 N–H and O–H groups in total. The third-order valence-corrected chi connectivity index (χ3v) is 7.05. The monoisotopic (exact) mass is 469 g/mol. The molecule has 33 heavy (non-hydrogen) atoms. The van der Waals surface area contributed by atoms with Gasteiger partial charge in [0, 0.05) is 37.5 Å². The van der Waals surface area contributed by atoms with Crippen LogP contribution in [0.25, 0.3) is 10.2 Å². The molecule has 1 aliphatic rings. The van der Waals surface area contributed by atoms with Crippen molar-refractivity contribution in [1.29, 1.82) is 0 Å². The number of ether oxygens (including phenoxy) is 2. The predicted octanol–water partition coefficient (Wildman–Crippen LogP) is 3.11. The Balaban J connectivity index is 1.49. The maximum Gasteiger partial charge on any atom is 0.266 e. The molecule has 2 aromatic heterocycles. The number of rotatable bonds is 7. The molecule has 2 amide bonds. The first kappa shape index (κ1) is 22.9. The van der Waals surface area contributed by atoms with Crippen molar-refractivity contribution in [2.45, 2.75) is 26.4 Å². The minimum atomic E-state index is -0.220. The molecule has 1 fully saturated rings. The molecular weight excluding hydrogens is 442 g/mol. The van der Waals surface area contributed by atoms with Gasteiger partial charge in [0.25, 0.3) is 5.91 Å². The number of nitrogens with zero attached hydrogens (tertiary/aromatic N) is 3. The Morgan fingerprint density at radius 1 is 1.18 bits per heavy atom. The number of aromatic nitrogens is 2. The zero-order valence-electron chi connectivity index (χ0n) is 18.9. The number of thiophene rings is 1. The third-order valence-electron chi connectivity index (χ3n) is 5.86. The van der Waals surface area contributed by atoms with Crippen LogP contribution in [-0.2, 0) is 16.1 Å². The number of nitrogens with two attached hydrogens (primary N) is 1. The fourth-order valence-electron chi connectivity index (χ4n) is 4.07. The van der Waals surface area contributed by atoms with Crippen molar-refractivity contribution >= 4 is 44.7 Å². The van der Waals surface area contributed by atoms with E-state index >= 15 is 0 Å². The molecule has 0 spiro atoms. The fourth-order valence-corrected chi connectivity index (χ4v) is 5.15. The van der Waals surface area contributed by atoms with Crippen molar-refractivity contribution < 1.29 is 19.1 Å². The second kappa shape index (κ2) is 9.72. The van der Waals surface area contributed by atoms with Crippen LogP contribution in [0.15, 0.2) is 24.3 Å². The number of aryl methyl sites for hydroxylation is 1. The van der Waals surface area contributed by atoms with E-state index in [1.807, 2.05) is 31.2 Å². The van der Waals surface area contributed by atoms with Gasteiger partial charge >= 0.3 is 0 Å². The van der Waals surface area contributed by atoms with E-state index in [2.05, 4.69) is 20.2 Å². The van der Waals surface area contributed by atoms with E-state index in [9.17, 15) is 9.59 Å². The summed E-state index contributed by atoms with van der Waals surface area (Å²) in [6, 6.07) is 7.72. The van der Waals surface area contributed by atoms with E-state index in [1.165, 1.54) is 11.3 Å². The van der Waals surface area contributed by atoms with E-state index in [1.54, 1.807) is 14.2 Å². The van der Waals surface area contributed by atoms with Gasteiger partial charge in [-0.2, -0.15) is 4.98 Å². The summed E-state index contributed by atoms with van der Waals surface area (Å²) in [5, 5.41) is 3.71. The van der Waals surface area contributed by atoms with Crippen molar-refractivity contribution in [3.8, 4) is 5.88 Å². The molecule has 0 atom stereocenters. The average molecular weight is 470 g/mol. The van der Waals surface area contributed by atoms with Gasteiger partial charge in [-0.25, -0.2) is 4.98 Å². The Bertz CT molecular complexity index is 1170. The summed E-state index contributed by atoms with van der Waals surface area (Å²) in [6.45, 7) is 3.70. The Kier molecular flexibility index (Phi) is 6.75. The molecule has 0 radical (unpaired) electrons. The minimum absolute atomic E-state index is 0.0433. The number of amides is 2. The Hall–Kier alpha value is -3.24. The number of carbonyl (C=O) groups is 2. The summed E-state index contributed by atoms with van der Waals surface area (Å²) in [5.41, 5.74) is 7.96. The number of hydrogen-bond donors (Lipinski definition) is 2. The number of benzene rings is 1. The standard InChI is InChI=1S/C23H27N5O4S/c1-13-18-22(32-3)26-17(12-31-2)27-23(18)33-19(13)21(30)25-15-4-6-16(7-5-15)28-10-8-14(9-11-28)20(24)29/h4-7,14H,8-12H2,1-3H3,(H2,24,29)(H,25,30). The summed E-state index contributed by atoms with van der Waals surface area (Å²) >= 11 is 1.30. The lowest BCUT2D eigenvalue weighted by Crippen LogP contribution is -2.38. The van der Waals surface area contributed by atoms with E-state index < -0.39 is 0 Å². The average Bonchev–Trinajstić information content (AvgIpc) is 3.16. The summed E-state index contributed by atoms with van der Waals surface area (Å²) < 4.78 is 10.6. The van der Waals surface area contributed by atoms with Crippen LogP contribution in [0, 0.1) is 12.8 Å². The number of fused-ring (bicyclic) bond motifs is 1. The number of hydrogen-bond acceptors (Lipinski definition) is 8. The summed E-state index contributed by atoms with van der Waals surface area (Å²) in [7, 11) is 3.13. The SMILES string of the molecule is COCc1nc(OC)c2c(C)c(C(=O)Nc3ccc(N4CCC(C(N)=O)CC4)cc3)sc2n1. The van der Waals surface area contributed by atoms with Crippen molar-refractivity contribution in [2.24, 2.45) is 11.7 Å². The highest BCUT2D eigenvalue weighted by Gasteiger charge is 2.24. The predicted molar refractivity (Wildman–Crippen MR) is 128 cm³/mol. The molecule has 0 aliphatic carbocycles. The van der Waals surface area contributed by atoms with Gasteiger partial charge in [0.15, 0.2) is 5.82 Å². The first-order valence-electron chi connectivity index (χ1n) is 10.7. The van der Waals surface area contributed by atoms with Crippen LogP contribution >= 0.6 is 11.3 Å². The number of primary amides is 1. The van der Waals surface area contributed by atoms with Crippen molar-refractivity contribution in [1.82, 2.24) is 9.97 Å². The van der Waals surface area contributed by atoms with E-state index in [4.69, 9.17) is 15.2 Å². The molecule has 3 heterocycles. The normalized spacial score (nSPS) is 14.5. The third kappa shape index (κ3) is 4.76. The Morgan fingerprint density at radius 3 is 2.48 bits per heavy atom. The molecule has 0 saturated carbocycles. The molecule has 174 valence electrons. The lowest BCUT2D eigenvalue weighted by molar-refractivity contribution is -0.122. The topological polar surface area (TPSA) is 120 Å². The molecule has 1 aliphatic heterocycles. The van der Waals surface area contributed by atoms with Gasteiger partial charge in [-0.3, -0.25) is 9.59 Å². The van der Waals surface area contributed by atoms with Gasteiger partial charge in [0.2, 0.25) is 11.8 Å². The van der Waals surface area contributed by atoms with Crippen LogP contribution < -0.4 is 20.7 Å². The number of carbonyl (C=O) groups excluding carboxylic acids is 2. The second-order valence-corrected chi connectivity index (χ2v) is 8.98. The van der Waals surface area contributed by atoms with Crippen molar-refractivity contribution in [3.05, 3.63) is 40.5 Å². The van der Waals surface area contributed by atoms with Gasteiger partial charge in [-0.1, -0.05) is 0 Å². The number of piperidine rings is 1. The van der Waals surface area contributed by atoms with Gasteiger partial charge in [-0.15, -0.1) is 11.3 Å². The lowest BCUT2D eigenvalue weighted by atomic mass is 9.96. The molecule has 10 heteroatoms. The summed E-state index contributed by atoms with van der Waals surface area (Å²) in [4.78, 5) is 36.8. The van der Waals surface area contributed by atoms with Crippen LogP contribution in [-0.4, -0.2) is 49.1 Å². The zero-order chi connectivity index (χ0) is 23.5. The van der Waals surface area contributed by atoms with E-state index in [0.717, 1.165) is 42.6 Å². The van der Waals surface area contributed by atoms with Gasteiger partial charge in [-0.05, 0) is 49.6 Å². The molecule has 3 aromatic rings. The maximum atomic E-state index is 13.0. The van der Waals surface area contributed by atoms with Gasteiger partial charge in [0.1, 0.15) is 11.4 Å². The fraction of sp³-hybridized carbons (Fsp3) is 0.391. The van der Waals surface area contributed by atoms with Crippen LogP contribution in [0.5, 0.6) is 5.88 Å². The minimum Gasteiger partial charge on any atom is -0.480 e.